The van der Waals surface area contributed by atoms with Crippen molar-refractivity contribution in [2.24, 2.45) is 0 Å². The zero-order chi connectivity index (χ0) is 21.7. The summed E-state index contributed by atoms with van der Waals surface area (Å²) in [5.74, 6) is -0.117. The van der Waals surface area contributed by atoms with E-state index in [9.17, 15) is 9.18 Å². The molecule has 0 aromatic heterocycles. The van der Waals surface area contributed by atoms with E-state index in [2.05, 4.69) is 41.4 Å². The van der Waals surface area contributed by atoms with Gasteiger partial charge in [-0.2, -0.15) is 0 Å². The Morgan fingerprint density at radius 1 is 1.03 bits per heavy atom. The largest absolute Gasteiger partial charge is 0.381 e. The molecule has 2 heterocycles. The number of carbonyl (C=O) groups excluding carboxylic acids is 1. The second-order valence-corrected chi connectivity index (χ2v) is 8.64. The Morgan fingerprint density at radius 3 is 2.39 bits per heavy atom. The SMILES string of the molecule is Cc1ccccc1CN1CCN(C(=O)CNC2(c3ccc(F)cc3)CCOCC2)CC1. The molecule has 0 bridgehead atoms. The highest BCUT2D eigenvalue weighted by atomic mass is 19.1. The van der Waals surface area contributed by atoms with E-state index in [1.165, 1.54) is 23.3 Å². The van der Waals surface area contributed by atoms with Crippen molar-refractivity contribution >= 4 is 5.91 Å². The molecule has 2 fully saturated rings. The molecule has 5 nitrogen and oxygen atoms in total. The Balaban J connectivity index is 1.32. The number of amides is 1. The number of halogens is 1. The first kappa shape index (κ1) is 21.9. The predicted molar refractivity (Wildman–Crippen MR) is 119 cm³/mol. The van der Waals surface area contributed by atoms with Crippen molar-refractivity contribution in [3.63, 3.8) is 0 Å². The molecule has 2 aromatic carbocycles. The zero-order valence-electron chi connectivity index (χ0n) is 18.3. The monoisotopic (exact) mass is 425 g/mol. The number of nitrogens with zero attached hydrogens (tertiary/aromatic N) is 2. The third-order valence-electron chi connectivity index (χ3n) is 6.70. The van der Waals surface area contributed by atoms with Crippen LogP contribution in [-0.2, 0) is 21.6 Å². The summed E-state index contributed by atoms with van der Waals surface area (Å²) in [4.78, 5) is 17.3. The maximum Gasteiger partial charge on any atom is 0.236 e. The highest BCUT2D eigenvalue weighted by Gasteiger charge is 2.35. The summed E-state index contributed by atoms with van der Waals surface area (Å²) < 4.78 is 19.0. The highest BCUT2D eigenvalue weighted by Crippen LogP contribution is 2.32. The second kappa shape index (κ2) is 9.90. The van der Waals surface area contributed by atoms with Crippen molar-refractivity contribution in [1.29, 1.82) is 0 Å². The van der Waals surface area contributed by atoms with Crippen molar-refractivity contribution in [2.45, 2.75) is 31.8 Å². The van der Waals surface area contributed by atoms with Crippen LogP contribution in [0.5, 0.6) is 0 Å². The Hall–Kier alpha value is -2.28. The Bertz CT molecular complexity index is 873. The first-order valence-electron chi connectivity index (χ1n) is 11.2. The fourth-order valence-corrected chi connectivity index (χ4v) is 4.60. The maximum absolute atomic E-state index is 13.4. The van der Waals surface area contributed by atoms with E-state index in [1.54, 1.807) is 0 Å². The maximum atomic E-state index is 13.4. The number of aryl methyl sites for hydroxylation is 1. The number of hydrogen-bond acceptors (Lipinski definition) is 4. The minimum absolute atomic E-state index is 0.128. The molecule has 2 aliphatic rings. The van der Waals surface area contributed by atoms with Crippen LogP contribution in [0.2, 0.25) is 0 Å². The van der Waals surface area contributed by atoms with Crippen LogP contribution in [0.25, 0.3) is 0 Å². The minimum atomic E-state index is -0.339. The smallest absolute Gasteiger partial charge is 0.236 e. The molecule has 31 heavy (non-hydrogen) atoms. The van der Waals surface area contributed by atoms with E-state index in [0.29, 0.717) is 13.2 Å². The average molecular weight is 426 g/mol. The summed E-state index contributed by atoms with van der Waals surface area (Å²) in [7, 11) is 0. The molecular formula is C25H32FN3O2. The molecule has 1 amide bonds. The molecule has 2 aliphatic heterocycles. The summed E-state index contributed by atoms with van der Waals surface area (Å²) in [6, 6.07) is 15.1. The van der Waals surface area contributed by atoms with E-state index in [4.69, 9.17) is 4.74 Å². The molecular weight excluding hydrogens is 393 g/mol. The van der Waals surface area contributed by atoms with Crippen LogP contribution in [0.15, 0.2) is 48.5 Å². The Labute approximate surface area is 184 Å². The van der Waals surface area contributed by atoms with Gasteiger partial charge in [-0.25, -0.2) is 4.39 Å². The van der Waals surface area contributed by atoms with Crippen LogP contribution in [0.1, 0.15) is 29.5 Å². The van der Waals surface area contributed by atoms with Crippen LogP contribution in [-0.4, -0.2) is 61.6 Å². The van der Waals surface area contributed by atoms with Crippen LogP contribution in [0, 0.1) is 12.7 Å². The molecule has 2 aromatic rings. The van der Waals surface area contributed by atoms with E-state index in [-0.39, 0.29) is 23.8 Å². The molecule has 2 saturated heterocycles. The summed E-state index contributed by atoms with van der Waals surface area (Å²) in [5, 5.41) is 3.52. The lowest BCUT2D eigenvalue weighted by Gasteiger charge is -2.40. The summed E-state index contributed by atoms with van der Waals surface area (Å²) in [5.41, 5.74) is 3.35. The molecule has 0 atom stereocenters. The van der Waals surface area contributed by atoms with Gasteiger partial charge in [-0.15, -0.1) is 0 Å². The van der Waals surface area contributed by atoms with Crippen LogP contribution in [0.4, 0.5) is 4.39 Å². The molecule has 4 rings (SSSR count). The number of piperazine rings is 1. The van der Waals surface area contributed by atoms with Crippen molar-refractivity contribution in [2.75, 3.05) is 45.9 Å². The molecule has 0 radical (unpaired) electrons. The van der Waals surface area contributed by atoms with Crippen LogP contribution < -0.4 is 5.32 Å². The van der Waals surface area contributed by atoms with Gasteiger partial charge in [-0.1, -0.05) is 36.4 Å². The predicted octanol–water partition coefficient (Wildman–Crippen LogP) is 3.07. The summed E-state index contributed by atoms with van der Waals surface area (Å²) in [6.07, 6.45) is 1.55. The molecule has 6 heteroatoms. The lowest BCUT2D eigenvalue weighted by molar-refractivity contribution is -0.132. The van der Waals surface area contributed by atoms with Gasteiger partial charge in [0, 0.05) is 51.5 Å². The first-order chi connectivity index (χ1) is 15.1. The lowest BCUT2D eigenvalue weighted by Crippen LogP contribution is -2.54. The third kappa shape index (κ3) is 5.32. The van der Waals surface area contributed by atoms with Crippen LogP contribution in [0.3, 0.4) is 0 Å². The molecule has 0 unspecified atom stereocenters. The molecule has 0 saturated carbocycles. The van der Waals surface area contributed by atoms with Crippen molar-refractivity contribution in [3.05, 3.63) is 71.0 Å². The Kier molecular flexibility index (Phi) is 7.00. The van der Waals surface area contributed by atoms with Crippen LogP contribution >= 0.6 is 0 Å². The Morgan fingerprint density at radius 2 is 1.71 bits per heavy atom. The number of carbonyl (C=O) groups is 1. The number of ether oxygens (including phenoxy) is 1. The van der Waals surface area contributed by atoms with Gasteiger partial charge in [0.05, 0.1) is 6.54 Å². The zero-order valence-corrected chi connectivity index (χ0v) is 18.3. The number of hydrogen-bond donors (Lipinski definition) is 1. The fraction of sp³-hybridized carbons (Fsp3) is 0.480. The van der Waals surface area contributed by atoms with Crippen molar-refractivity contribution in [1.82, 2.24) is 15.1 Å². The van der Waals surface area contributed by atoms with Gasteiger partial charge in [0.15, 0.2) is 0 Å². The standard InChI is InChI=1S/C25H32FN3O2/c1-20-4-2-3-5-21(20)19-28-12-14-29(15-13-28)24(30)18-27-25(10-16-31-17-11-25)22-6-8-23(26)9-7-22/h2-9,27H,10-19H2,1H3. The van der Waals surface area contributed by atoms with Gasteiger partial charge >= 0.3 is 0 Å². The topological polar surface area (TPSA) is 44.8 Å². The average Bonchev–Trinajstić information content (AvgIpc) is 2.80. The highest BCUT2D eigenvalue weighted by molar-refractivity contribution is 5.78. The van der Waals surface area contributed by atoms with Crippen molar-refractivity contribution < 1.29 is 13.9 Å². The normalized spacial score (nSPS) is 19.4. The summed E-state index contributed by atoms with van der Waals surface area (Å²) in [6.45, 7) is 7.91. The lowest BCUT2D eigenvalue weighted by atomic mass is 9.82. The molecule has 166 valence electrons. The second-order valence-electron chi connectivity index (χ2n) is 8.64. The quantitative estimate of drug-likeness (QED) is 0.773. The van der Waals surface area contributed by atoms with E-state index < -0.39 is 0 Å². The molecule has 1 N–H and O–H groups in total. The van der Waals surface area contributed by atoms with Gasteiger partial charge in [-0.05, 0) is 48.6 Å². The van der Waals surface area contributed by atoms with Gasteiger partial charge in [-0.3, -0.25) is 15.0 Å². The first-order valence-corrected chi connectivity index (χ1v) is 11.2. The van der Waals surface area contributed by atoms with Crippen molar-refractivity contribution in [3.8, 4) is 0 Å². The van der Waals surface area contributed by atoms with Gasteiger partial charge in [0.25, 0.3) is 0 Å². The third-order valence-corrected chi connectivity index (χ3v) is 6.70. The van der Waals surface area contributed by atoms with Gasteiger partial charge in [0.1, 0.15) is 5.82 Å². The minimum Gasteiger partial charge on any atom is -0.381 e. The molecule has 0 spiro atoms. The number of benzene rings is 2. The van der Waals surface area contributed by atoms with E-state index in [0.717, 1.165) is 51.1 Å². The fourth-order valence-electron chi connectivity index (χ4n) is 4.60. The molecule has 0 aliphatic carbocycles. The number of rotatable bonds is 6. The van der Waals surface area contributed by atoms with E-state index in [1.807, 2.05) is 17.0 Å². The number of nitrogens with one attached hydrogen (secondary N) is 1. The van der Waals surface area contributed by atoms with Gasteiger partial charge in [0.2, 0.25) is 5.91 Å². The summed E-state index contributed by atoms with van der Waals surface area (Å²) >= 11 is 0. The van der Waals surface area contributed by atoms with E-state index >= 15 is 0 Å². The van der Waals surface area contributed by atoms with Gasteiger partial charge < -0.3 is 9.64 Å².